The van der Waals surface area contributed by atoms with Crippen LogP contribution >= 0.6 is 23.1 Å². The van der Waals surface area contributed by atoms with Crippen LogP contribution in [-0.2, 0) is 0 Å². The zero-order chi connectivity index (χ0) is 25.3. The second-order valence-electron chi connectivity index (χ2n) is 9.64. The number of benzene rings is 1. The van der Waals surface area contributed by atoms with Gasteiger partial charge in [0, 0.05) is 39.5 Å². The fraction of sp³-hybridized carbons (Fsp3) is 0.296. The fourth-order valence-corrected chi connectivity index (χ4v) is 5.53. The molecule has 6 nitrogen and oxygen atoms in total. The van der Waals surface area contributed by atoms with Crippen LogP contribution in [0.5, 0.6) is 0 Å². The van der Waals surface area contributed by atoms with Crippen molar-refractivity contribution in [2.75, 3.05) is 10.6 Å². The Hall–Kier alpha value is -3.10. The van der Waals surface area contributed by atoms with Gasteiger partial charge in [-0.1, -0.05) is 33.4 Å². The monoisotopic (exact) mass is 504 g/mol. The Bertz CT molecular complexity index is 1360. The highest BCUT2D eigenvalue weighted by Crippen LogP contribution is 2.37. The van der Waals surface area contributed by atoms with Crippen molar-refractivity contribution in [1.29, 1.82) is 0 Å². The smallest absolute Gasteiger partial charge is 0.187 e. The van der Waals surface area contributed by atoms with Gasteiger partial charge < -0.3 is 10.6 Å². The number of aromatic nitrogens is 4. The van der Waals surface area contributed by atoms with Crippen LogP contribution in [0.1, 0.15) is 43.2 Å². The largest absolute Gasteiger partial charge is 0.350 e. The molecule has 3 heterocycles. The van der Waals surface area contributed by atoms with E-state index < -0.39 is 0 Å². The average molecular weight is 505 g/mol. The zero-order valence-corrected chi connectivity index (χ0v) is 23.0. The summed E-state index contributed by atoms with van der Waals surface area (Å²) in [4.78, 5) is 13.7. The number of aryl methyl sites for hydroxylation is 3. The van der Waals surface area contributed by atoms with E-state index in [-0.39, 0.29) is 4.75 Å². The molecule has 0 unspecified atom stereocenters. The highest BCUT2D eigenvalue weighted by molar-refractivity contribution is 8.04. The summed E-state index contributed by atoms with van der Waals surface area (Å²) in [5.41, 5.74) is 8.51. The molecule has 2 N–H and O–H groups in total. The molecule has 0 aliphatic rings. The molecule has 0 atom stereocenters. The third-order valence-electron chi connectivity index (χ3n) is 5.42. The number of thioether (sulfide) groups is 1. The van der Waals surface area contributed by atoms with Crippen LogP contribution in [0, 0.1) is 27.7 Å². The summed E-state index contributed by atoms with van der Waals surface area (Å²) in [5.74, 6) is 0.833. The maximum atomic E-state index is 4.83. The van der Waals surface area contributed by atoms with Crippen molar-refractivity contribution in [2.45, 2.75) is 53.2 Å². The normalized spacial score (nSPS) is 11.5. The second kappa shape index (κ2) is 9.87. The number of nitrogens with zero attached hydrogens (tertiary/aromatic N) is 4. The first kappa shape index (κ1) is 25.0. The Morgan fingerprint density at radius 3 is 2.43 bits per heavy atom. The number of thiazole rings is 1. The summed E-state index contributed by atoms with van der Waals surface area (Å²) in [5, 5.41) is 10.9. The van der Waals surface area contributed by atoms with Crippen molar-refractivity contribution in [3.05, 3.63) is 76.3 Å². The SMILES string of the molecule is C=C(Nc1c(C)cc(C)c(Nc2nc(-c3ccc(-n4cnc(C)c4)nc3)cs2)c1C)SC(C)(C)C. The van der Waals surface area contributed by atoms with Crippen molar-refractivity contribution in [3.63, 3.8) is 0 Å². The third kappa shape index (κ3) is 5.94. The summed E-state index contributed by atoms with van der Waals surface area (Å²) in [6.07, 6.45) is 5.58. The highest BCUT2D eigenvalue weighted by Gasteiger charge is 2.17. The van der Waals surface area contributed by atoms with E-state index in [1.165, 1.54) is 11.1 Å². The van der Waals surface area contributed by atoms with E-state index in [9.17, 15) is 0 Å². The molecule has 0 aliphatic carbocycles. The number of anilines is 3. The lowest BCUT2D eigenvalue weighted by atomic mass is 10.0. The summed E-state index contributed by atoms with van der Waals surface area (Å²) >= 11 is 3.32. The topological polar surface area (TPSA) is 67.7 Å². The molecule has 182 valence electrons. The van der Waals surface area contributed by atoms with Gasteiger partial charge in [-0.05, 0) is 56.5 Å². The van der Waals surface area contributed by atoms with Gasteiger partial charge in [0.25, 0.3) is 0 Å². The minimum Gasteiger partial charge on any atom is -0.350 e. The zero-order valence-electron chi connectivity index (χ0n) is 21.4. The Kier molecular flexibility index (Phi) is 7.05. The predicted octanol–water partition coefficient (Wildman–Crippen LogP) is 7.78. The maximum Gasteiger partial charge on any atom is 0.187 e. The molecular formula is C27H32N6S2. The minimum absolute atomic E-state index is 0.0970. The van der Waals surface area contributed by atoms with Crippen LogP contribution in [0.2, 0.25) is 0 Å². The van der Waals surface area contributed by atoms with E-state index in [0.717, 1.165) is 49.9 Å². The van der Waals surface area contributed by atoms with E-state index in [1.807, 2.05) is 36.0 Å². The summed E-state index contributed by atoms with van der Waals surface area (Å²) in [6, 6.07) is 6.22. The standard InChI is InChI=1S/C27H32N6S2/c1-16-11-17(2)25(19(4)24(16)30-20(5)35-27(6,7)8)32-26-31-22(14-34-26)21-9-10-23(28-12-21)33-13-18(3)29-15-33/h9-15,30H,5H2,1-4,6-8H3,(H,31,32). The lowest BCUT2D eigenvalue weighted by Crippen LogP contribution is -2.11. The molecule has 0 fully saturated rings. The molecule has 35 heavy (non-hydrogen) atoms. The number of hydrogen-bond donors (Lipinski definition) is 2. The van der Waals surface area contributed by atoms with Gasteiger partial charge in [0.2, 0.25) is 0 Å². The van der Waals surface area contributed by atoms with E-state index in [0.29, 0.717) is 0 Å². The van der Waals surface area contributed by atoms with E-state index in [2.05, 4.69) is 80.2 Å². The van der Waals surface area contributed by atoms with Crippen molar-refractivity contribution in [2.24, 2.45) is 0 Å². The Morgan fingerprint density at radius 1 is 1.06 bits per heavy atom. The number of pyridine rings is 1. The molecule has 0 amide bonds. The molecule has 3 aromatic heterocycles. The van der Waals surface area contributed by atoms with Gasteiger partial charge in [-0.25, -0.2) is 15.0 Å². The first-order valence-corrected chi connectivity index (χ1v) is 13.2. The number of nitrogens with one attached hydrogen (secondary N) is 2. The summed E-state index contributed by atoms with van der Waals surface area (Å²) < 4.78 is 2.01. The fourth-order valence-electron chi connectivity index (χ4n) is 3.91. The molecule has 0 spiro atoms. The number of hydrogen-bond acceptors (Lipinski definition) is 7. The first-order valence-electron chi connectivity index (χ1n) is 11.5. The van der Waals surface area contributed by atoms with E-state index >= 15 is 0 Å². The second-order valence-corrected chi connectivity index (χ2v) is 12.4. The van der Waals surface area contributed by atoms with Gasteiger partial charge in [0.05, 0.1) is 16.4 Å². The summed E-state index contributed by atoms with van der Waals surface area (Å²) in [6.45, 7) is 19.1. The van der Waals surface area contributed by atoms with Gasteiger partial charge in [-0.15, -0.1) is 23.1 Å². The lowest BCUT2D eigenvalue weighted by Gasteiger charge is -2.23. The number of imidazole rings is 1. The molecule has 0 radical (unpaired) electrons. The van der Waals surface area contributed by atoms with E-state index in [1.54, 1.807) is 29.4 Å². The lowest BCUT2D eigenvalue weighted by molar-refractivity contribution is 0.806. The van der Waals surface area contributed by atoms with Crippen LogP contribution in [-0.4, -0.2) is 24.3 Å². The van der Waals surface area contributed by atoms with Crippen molar-refractivity contribution >= 4 is 39.6 Å². The van der Waals surface area contributed by atoms with Gasteiger partial charge >= 0.3 is 0 Å². The van der Waals surface area contributed by atoms with Crippen LogP contribution in [0.4, 0.5) is 16.5 Å². The number of rotatable bonds is 7. The Balaban J connectivity index is 1.54. The quantitative estimate of drug-likeness (QED) is 0.268. The first-order chi connectivity index (χ1) is 16.5. The minimum atomic E-state index is 0.0970. The van der Waals surface area contributed by atoms with Crippen LogP contribution < -0.4 is 10.6 Å². The summed E-state index contributed by atoms with van der Waals surface area (Å²) in [7, 11) is 0. The molecular weight excluding hydrogens is 472 g/mol. The molecule has 4 aromatic rings. The Morgan fingerprint density at radius 2 is 1.80 bits per heavy atom. The molecule has 0 saturated heterocycles. The highest BCUT2D eigenvalue weighted by atomic mass is 32.2. The third-order valence-corrected chi connectivity index (χ3v) is 7.14. The van der Waals surface area contributed by atoms with Crippen LogP contribution in [0.3, 0.4) is 0 Å². The average Bonchev–Trinajstić information content (AvgIpc) is 3.42. The van der Waals surface area contributed by atoms with Crippen LogP contribution in [0.15, 0.2) is 53.9 Å². The van der Waals surface area contributed by atoms with Gasteiger partial charge in [-0.3, -0.25) is 4.57 Å². The molecule has 1 aromatic carbocycles. The molecule has 0 saturated carbocycles. The maximum absolute atomic E-state index is 4.83. The van der Waals surface area contributed by atoms with Crippen LogP contribution in [0.25, 0.3) is 17.1 Å². The van der Waals surface area contributed by atoms with Crippen molar-refractivity contribution in [3.8, 4) is 17.1 Å². The molecule has 0 aliphatic heterocycles. The van der Waals surface area contributed by atoms with Gasteiger partial charge in [-0.2, -0.15) is 0 Å². The van der Waals surface area contributed by atoms with Gasteiger partial charge in [0.1, 0.15) is 12.1 Å². The van der Waals surface area contributed by atoms with Gasteiger partial charge in [0.15, 0.2) is 5.13 Å². The molecule has 8 heteroatoms. The molecule has 4 rings (SSSR count). The predicted molar refractivity (Wildman–Crippen MR) is 151 cm³/mol. The molecule has 0 bridgehead atoms. The van der Waals surface area contributed by atoms with Crippen molar-refractivity contribution < 1.29 is 0 Å². The Labute approximate surface area is 216 Å². The van der Waals surface area contributed by atoms with Crippen molar-refractivity contribution in [1.82, 2.24) is 19.5 Å². The van der Waals surface area contributed by atoms with E-state index in [4.69, 9.17) is 4.98 Å².